The molecule has 1 N–H and O–H groups in total. The van der Waals surface area contributed by atoms with Crippen LogP contribution in [0.3, 0.4) is 0 Å². The van der Waals surface area contributed by atoms with E-state index in [4.69, 9.17) is 9.84 Å². The molecule has 0 aromatic carbocycles. The Morgan fingerprint density at radius 1 is 1.44 bits per heavy atom. The predicted molar refractivity (Wildman–Crippen MR) is 65.8 cm³/mol. The van der Waals surface area contributed by atoms with Crippen molar-refractivity contribution >= 4 is 11.8 Å². The lowest BCUT2D eigenvalue weighted by atomic mass is 10.00. The number of nitrogens with zero attached hydrogens (tertiary/aromatic N) is 3. The molecule has 0 atom stereocenters. The van der Waals surface area contributed by atoms with Crippen molar-refractivity contribution in [2.24, 2.45) is 5.92 Å². The summed E-state index contributed by atoms with van der Waals surface area (Å²) < 4.78 is 5.31. The number of anilines is 1. The maximum atomic E-state index is 11.1. The quantitative estimate of drug-likeness (QED) is 0.861. The molecule has 1 aromatic rings. The molecule has 2 heterocycles. The van der Waals surface area contributed by atoms with Gasteiger partial charge in [-0.05, 0) is 18.8 Å². The van der Waals surface area contributed by atoms with Crippen LogP contribution >= 0.6 is 0 Å². The lowest BCUT2D eigenvalue weighted by Gasteiger charge is -2.28. The lowest BCUT2D eigenvalue weighted by molar-refractivity contribution is 0.0674. The monoisotopic (exact) mass is 251 g/mol. The van der Waals surface area contributed by atoms with Crippen LogP contribution in [0.25, 0.3) is 0 Å². The van der Waals surface area contributed by atoms with E-state index in [1.165, 1.54) is 12.4 Å². The molecule has 1 aliphatic rings. The van der Waals surface area contributed by atoms with Crippen LogP contribution in [0.15, 0.2) is 12.4 Å². The summed E-state index contributed by atoms with van der Waals surface area (Å²) >= 11 is 0. The van der Waals surface area contributed by atoms with Crippen molar-refractivity contribution in [3.05, 3.63) is 18.1 Å². The average Bonchev–Trinajstić information content (AvgIpc) is 2.40. The van der Waals surface area contributed by atoms with Gasteiger partial charge < -0.3 is 14.7 Å². The molecule has 18 heavy (non-hydrogen) atoms. The zero-order valence-electron chi connectivity index (χ0n) is 10.4. The molecule has 0 unspecified atom stereocenters. The summed E-state index contributed by atoms with van der Waals surface area (Å²) in [4.78, 5) is 20.9. The van der Waals surface area contributed by atoms with E-state index >= 15 is 0 Å². The summed E-state index contributed by atoms with van der Waals surface area (Å²) in [6, 6.07) is 0. The first-order chi connectivity index (χ1) is 8.68. The van der Waals surface area contributed by atoms with Crippen molar-refractivity contribution in [2.75, 3.05) is 31.7 Å². The molecule has 6 nitrogen and oxygen atoms in total. The van der Waals surface area contributed by atoms with Crippen molar-refractivity contribution in [1.29, 1.82) is 0 Å². The maximum absolute atomic E-state index is 11.1. The smallest absolute Gasteiger partial charge is 0.358 e. The fraction of sp³-hybridized carbons (Fsp3) is 0.583. The predicted octanol–water partition coefficient (Wildman–Crippen LogP) is 1.04. The second kappa shape index (κ2) is 5.77. The highest BCUT2D eigenvalue weighted by atomic mass is 16.5. The van der Waals surface area contributed by atoms with Crippen molar-refractivity contribution in [1.82, 2.24) is 9.97 Å². The zero-order chi connectivity index (χ0) is 13.0. The molecule has 1 fully saturated rings. The Morgan fingerprint density at radius 2 is 2.11 bits per heavy atom. The summed E-state index contributed by atoms with van der Waals surface area (Å²) in [7, 11) is 1.85. The molecule has 0 bridgehead atoms. The van der Waals surface area contributed by atoms with Gasteiger partial charge in [-0.1, -0.05) is 0 Å². The van der Waals surface area contributed by atoms with Crippen LogP contribution in [0.5, 0.6) is 0 Å². The minimum absolute atomic E-state index is 0.00654. The average molecular weight is 251 g/mol. The first-order valence-electron chi connectivity index (χ1n) is 6.01. The van der Waals surface area contributed by atoms with Gasteiger partial charge in [-0.15, -0.1) is 0 Å². The fourth-order valence-corrected chi connectivity index (χ4v) is 2.16. The van der Waals surface area contributed by atoms with Crippen LogP contribution in [-0.2, 0) is 4.74 Å². The molecule has 0 spiro atoms. The molecule has 1 aliphatic heterocycles. The Morgan fingerprint density at radius 3 is 2.78 bits per heavy atom. The van der Waals surface area contributed by atoms with Crippen LogP contribution < -0.4 is 4.90 Å². The van der Waals surface area contributed by atoms with E-state index in [-0.39, 0.29) is 5.69 Å². The number of aromatic nitrogens is 2. The second-order valence-corrected chi connectivity index (χ2v) is 4.47. The Kier molecular flexibility index (Phi) is 4.09. The van der Waals surface area contributed by atoms with Gasteiger partial charge in [-0.3, -0.25) is 0 Å². The van der Waals surface area contributed by atoms with Crippen molar-refractivity contribution in [2.45, 2.75) is 12.8 Å². The number of hydrogen-bond acceptors (Lipinski definition) is 5. The van der Waals surface area contributed by atoms with Gasteiger partial charge in [-0.2, -0.15) is 0 Å². The van der Waals surface area contributed by atoms with E-state index in [0.717, 1.165) is 32.6 Å². The number of aromatic carboxylic acids is 1. The van der Waals surface area contributed by atoms with E-state index in [2.05, 4.69) is 9.97 Å². The first-order valence-corrected chi connectivity index (χ1v) is 6.01. The van der Waals surface area contributed by atoms with E-state index in [9.17, 15) is 4.79 Å². The van der Waals surface area contributed by atoms with Gasteiger partial charge in [0, 0.05) is 39.2 Å². The third-order valence-corrected chi connectivity index (χ3v) is 3.12. The van der Waals surface area contributed by atoms with Crippen LogP contribution in [0.1, 0.15) is 23.3 Å². The molecule has 2 rings (SSSR count). The van der Waals surface area contributed by atoms with Gasteiger partial charge in [-0.25, -0.2) is 14.8 Å². The number of carboxylic acid groups (broad SMARTS) is 1. The molecular formula is C12H17N3O3. The Bertz CT molecular complexity index is 419. The van der Waals surface area contributed by atoms with E-state index in [1.54, 1.807) is 0 Å². The second-order valence-electron chi connectivity index (χ2n) is 4.47. The van der Waals surface area contributed by atoms with Crippen molar-refractivity contribution in [3.63, 3.8) is 0 Å². The minimum Gasteiger partial charge on any atom is -0.476 e. The third kappa shape index (κ3) is 2.95. The number of ether oxygens (including phenoxy) is 1. The van der Waals surface area contributed by atoms with Gasteiger partial charge in [0.05, 0.1) is 0 Å². The minimum atomic E-state index is -1.04. The van der Waals surface area contributed by atoms with Crippen molar-refractivity contribution < 1.29 is 14.6 Å². The van der Waals surface area contributed by atoms with E-state index in [1.807, 2.05) is 11.9 Å². The molecule has 1 saturated heterocycles. The Hall–Kier alpha value is -1.69. The molecule has 6 heteroatoms. The number of carboxylic acids is 1. The largest absolute Gasteiger partial charge is 0.476 e. The van der Waals surface area contributed by atoms with Crippen molar-refractivity contribution in [3.8, 4) is 0 Å². The molecule has 0 saturated carbocycles. The molecule has 0 aliphatic carbocycles. The van der Waals surface area contributed by atoms with Crippen LogP contribution in [0.2, 0.25) is 0 Å². The summed E-state index contributed by atoms with van der Waals surface area (Å²) in [5.74, 6) is -0.0965. The highest BCUT2D eigenvalue weighted by Gasteiger charge is 2.20. The van der Waals surface area contributed by atoms with E-state index < -0.39 is 5.97 Å². The van der Waals surface area contributed by atoms with Gasteiger partial charge in [0.2, 0.25) is 0 Å². The molecule has 98 valence electrons. The van der Waals surface area contributed by atoms with Gasteiger partial charge in [0.25, 0.3) is 0 Å². The maximum Gasteiger partial charge on any atom is 0.358 e. The molecule has 0 radical (unpaired) electrons. The first kappa shape index (κ1) is 12.8. The fourth-order valence-electron chi connectivity index (χ4n) is 2.16. The Labute approximate surface area is 106 Å². The number of carbonyl (C=O) groups is 1. The Balaban J connectivity index is 2.08. The normalized spacial score (nSPS) is 16.5. The summed E-state index contributed by atoms with van der Waals surface area (Å²) in [6.45, 7) is 2.35. The van der Waals surface area contributed by atoms with Crippen LogP contribution in [0, 0.1) is 5.92 Å². The summed E-state index contributed by atoms with van der Waals surface area (Å²) in [5, 5.41) is 9.07. The van der Waals surface area contributed by atoms with Crippen LogP contribution in [-0.4, -0.2) is 47.8 Å². The van der Waals surface area contributed by atoms with Gasteiger partial charge in [0.1, 0.15) is 0 Å². The van der Waals surface area contributed by atoms with Gasteiger partial charge >= 0.3 is 5.97 Å². The highest BCUT2D eigenvalue weighted by molar-refractivity contribution is 5.90. The topological polar surface area (TPSA) is 75.5 Å². The summed E-state index contributed by atoms with van der Waals surface area (Å²) in [6.07, 6.45) is 4.93. The molecule has 0 amide bonds. The molecule has 1 aromatic heterocycles. The van der Waals surface area contributed by atoms with Gasteiger partial charge in [0.15, 0.2) is 11.5 Å². The standard InChI is InChI=1S/C12H17N3O3/c1-15(8-9-2-6-18-7-3-9)11-10(12(16)17)13-4-5-14-11/h4-5,9H,2-3,6-8H2,1H3,(H,16,17). The third-order valence-electron chi connectivity index (χ3n) is 3.12. The summed E-state index contributed by atoms with van der Waals surface area (Å²) in [5.41, 5.74) is 0.00654. The number of rotatable bonds is 4. The molecular weight excluding hydrogens is 234 g/mol. The SMILES string of the molecule is CN(CC1CCOCC1)c1nccnc1C(=O)O. The lowest BCUT2D eigenvalue weighted by Crippen LogP contribution is -2.31. The highest BCUT2D eigenvalue weighted by Crippen LogP contribution is 2.20. The zero-order valence-corrected chi connectivity index (χ0v) is 10.4. The van der Waals surface area contributed by atoms with Crippen LogP contribution in [0.4, 0.5) is 5.82 Å². The van der Waals surface area contributed by atoms with E-state index in [0.29, 0.717) is 11.7 Å². The number of hydrogen-bond donors (Lipinski definition) is 1.